The maximum Gasteiger partial charge on any atom is 0.241 e. The summed E-state index contributed by atoms with van der Waals surface area (Å²) in [5.41, 5.74) is 1.82. The third-order valence-electron chi connectivity index (χ3n) is 4.44. The van der Waals surface area contributed by atoms with Crippen LogP contribution in [0.5, 0.6) is 0 Å². The Bertz CT molecular complexity index is 496. The SMILES string of the molecule is Cc1ccc(Cl)cc1NC(=O)[C@@H](C)NC1CCCCCCC1. The second-order valence-electron chi connectivity index (χ2n) is 6.38. The van der Waals surface area contributed by atoms with Crippen molar-refractivity contribution in [2.45, 2.75) is 70.9 Å². The number of aryl methyl sites for hydroxylation is 1. The summed E-state index contributed by atoms with van der Waals surface area (Å²) in [5, 5.41) is 7.12. The molecule has 1 aliphatic rings. The molecule has 1 fully saturated rings. The van der Waals surface area contributed by atoms with Gasteiger partial charge in [0.2, 0.25) is 5.91 Å². The van der Waals surface area contributed by atoms with Crippen LogP contribution < -0.4 is 10.6 Å². The van der Waals surface area contributed by atoms with Crippen molar-refractivity contribution in [2.24, 2.45) is 0 Å². The van der Waals surface area contributed by atoms with E-state index in [1.165, 1.54) is 44.9 Å². The molecule has 122 valence electrons. The van der Waals surface area contributed by atoms with Crippen LogP contribution in [0.1, 0.15) is 57.4 Å². The molecular formula is C18H27ClN2O. The van der Waals surface area contributed by atoms with E-state index in [1.807, 2.05) is 26.0 Å². The number of anilines is 1. The maximum atomic E-state index is 12.4. The molecule has 3 nitrogen and oxygen atoms in total. The van der Waals surface area contributed by atoms with Gasteiger partial charge in [-0.15, -0.1) is 0 Å². The van der Waals surface area contributed by atoms with Crippen molar-refractivity contribution in [3.8, 4) is 0 Å². The molecule has 1 atom stereocenters. The van der Waals surface area contributed by atoms with E-state index in [-0.39, 0.29) is 11.9 Å². The minimum absolute atomic E-state index is 0.00688. The predicted molar refractivity (Wildman–Crippen MR) is 93.5 cm³/mol. The Morgan fingerprint density at radius 1 is 1.18 bits per heavy atom. The Hall–Kier alpha value is -1.06. The molecule has 1 saturated carbocycles. The van der Waals surface area contributed by atoms with Gasteiger partial charge in [0.25, 0.3) is 0 Å². The third-order valence-corrected chi connectivity index (χ3v) is 4.68. The van der Waals surface area contributed by atoms with Crippen LogP contribution >= 0.6 is 11.6 Å². The summed E-state index contributed by atoms with van der Waals surface area (Å²) in [6.45, 7) is 3.91. The van der Waals surface area contributed by atoms with Crippen molar-refractivity contribution in [1.29, 1.82) is 0 Å². The van der Waals surface area contributed by atoms with Crippen molar-refractivity contribution >= 4 is 23.2 Å². The molecule has 2 rings (SSSR count). The van der Waals surface area contributed by atoms with Crippen LogP contribution in [0.4, 0.5) is 5.69 Å². The zero-order valence-electron chi connectivity index (χ0n) is 13.6. The van der Waals surface area contributed by atoms with Gasteiger partial charge in [0.1, 0.15) is 0 Å². The van der Waals surface area contributed by atoms with Gasteiger partial charge < -0.3 is 10.6 Å². The molecule has 1 aromatic carbocycles. The van der Waals surface area contributed by atoms with Crippen LogP contribution in [-0.4, -0.2) is 18.0 Å². The molecule has 22 heavy (non-hydrogen) atoms. The first-order valence-corrected chi connectivity index (χ1v) is 8.77. The molecule has 0 heterocycles. The molecule has 0 spiro atoms. The third kappa shape index (κ3) is 5.29. The quantitative estimate of drug-likeness (QED) is 0.845. The van der Waals surface area contributed by atoms with E-state index in [2.05, 4.69) is 10.6 Å². The fraction of sp³-hybridized carbons (Fsp3) is 0.611. The van der Waals surface area contributed by atoms with E-state index in [0.29, 0.717) is 11.1 Å². The molecule has 0 saturated heterocycles. The molecule has 1 aromatic rings. The summed E-state index contributed by atoms with van der Waals surface area (Å²) >= 11 is 6.00. The van der Waals surface area contributed by atoms with Crippen molar-refractivity contribution in [1.82, 2.24) is 5.32 Å². The highest BCUT2D eigenvalue weighted by Crippen LogP contribution is 2.21. The monoisotopic (exact) mass is 322 g/mol. The molecule has 2 N–H and O–H groups in total. The van der Waals surface area contributed by atoms with Crippen LogP contribution in [0.2, 0.25) is 5.02 Å². The summed E-state index contributed by atoms with van der Waals surface area (Å²) in [5.74, 6) is 0.00688. The van der Waals surface area contributed by atoms with Crippen molar-refractivity contribution in [3.05, 3.63) is 28.8 Å². The van der Waals surface area contributed by atoms with Crippen LogP contribution in [0.15, 0.2) is 18.2 Å². The fourth-order valence-corrected chi connectivity index (χ4v) is 3.19. The molecular weight excluding hydrogens is 296 g/mol. The van der Waals surface area contributed by atoms with Gasteiger partial charge in [0.05, 0.1) is 6.04 Å². The summed E-state index contributed by atoms with van der Waals surface area (Å²) in [4.78, 5) is 12.4. The van der Waals surface area contributed by atoms with E-state index in [1.54, 1.807) is 6.07 Å². The Morgan fingerprint density at radius 2 is 1.82 bits per heavy atom. The number of carbonyl (C=O) groups is 1. The van der Waals surface area contributed by atoms with Gasteiger partial charge in [-0.3, -0.25) is 4.79 Å². The predicted octanol–water partition coefficient (Wildman–Crippen LogP) is 4.68. The normalized spacial score (nSPS) is 18.3. The van der Waals surface area contributed by atoms with E-state index < -0.39 is 0 Å². The lowest BCUT2D eigenvalue weighted by molar-refractivity contribution is -0.118. The zero-order chi connectivity index (χ0) is 15.9. The number of nitrogens with one attached hydrogen (secondary N) is 2. The lowest BCUT2D eigenvalue weighted by Crippen LogP contribution is -2.44. The first-order chi connectivity index (χ1) is 10.6. The Morgan fingerprint density at radius 3 is 2.50 bits per heavy atom. The molecule has 0 radical (unpaired) electrons. The average Bonchev–Trinajstić information content (AvgIpc) is 2.45. The molecule has 0 aromatic heterocycles. The zero-order valence-corrected chi connectivity index (χ0v) is 14.4. The highest BCUT2D eigenvalue weighted by Gasteiger charge is 2.19. The van der Waals surface area contributed by atoms with Gasteiger partial charge in [-0.2, -0.15) is 0 Å². The molecule has 4 heteroatoms. The first-order valence-electron chi connectivity index (χ1n) is 8.39. The summed E-state index contributed by atoms with van der Waals surface area (Å²) in [7, 11) is 0. The highest BCUT2D eigenvalue weighted by atomic mass is 35.5. The van der Waals surface area contributed by atoms with Gasteiger partial charge in [-0.05, 0) is 44.4 Å². The molecule has 0 bridgehead atoms. The minimum atomic E-state index is -0.192. The Kier molecular flexibility index (Phi) is 6.71. The number of rotatable bonds is 4. The van der Waals surface area contributed by atoms with Crippen molar-refractivity contribution < 1.29 is 4.79 Å². The smallest absolute Gasteiger partial charge is 0.241 e. The largest absolute Gasteiger partial charge is 0.324 e. The standard InChI is InChI=1S/C18H27ClN2O/c1-13-10-11-15(19)12-17(13)21-18(22)14(2)20-16-8-6-4-3-5-7-9-16/h10-12,14,16,20H,3-9H2,1-2H3,(H,21,22)/t14-/m1/s1. The van der Waals surface area contributed by atoms with Crippen LogP contribution in [0.3, 0.4) is 0 Å². The fourth-order valence-electron chi connectivity index (χ4n) is 3.02. The molecule has 0 aliphatic heterocycles. The van der Waals surface area contributed by atoms with Crippen molar-refractivity contribution in [3.63, 3.8) is 0 Å². The minimum Gasteiger partial charge on any atom is -0.324 e. The lowest BCUT2D eigenvalue weighted by Gasteiger charge is -2.25. The second-order valence-corrected chi connectivity index (χ2v) is 6.82. The second kappa shape index (κ2) is 8.54. The Labute approximate surface area is 138 Å². The number of halogens is 1. The molecule has 1 aliphatic carbocycles. The summed E-state index contributed by atoms with van der Waals surface area (Å²) < 4.78 is 0. The van der Waals surface area contributed by atoms with Crippen LogP contribution in [0, 0.1) is 6.92 Å². The number of carbonyl (C=O) groups excluding carboxylic acids is 1. The highest BCUT2D eigenvalue weighted by molar-refractivity contribution is 6.31. The van der Waals surface area contributed by atoms with E-state index >= 15 is 0 Å². The van der Waals surface area contributed by atoms with Gasteiger partial charge >= 0.3 is 0 Å². The van der Waals surface area contributed by atoms with Gasteiger partial charge in [-0.1, -0.05) is 49.8 Å². The maximum absolute atomic E-state index is 12.4. The van der Waals surface area contributed by atoms with Gasteiger partial charge in [0.15, 0.2) is 0 Å². The average molecular weight is 323 g/mol. The van der Waals surface area contributed by atoms with E-state index in [9.17, 15) is 4.79 Å². The van der Waals surface area contributed by atoms with Gasteiger partial charge in [-0.25, -0.2) is 0 Å². The number of hydrogen-bond acceptors (Lipinski definition) is 2. The number of hydrogen-bond donors (Lipinski definition) is 2. The Balaban J connectivity index is 1.89. The van der Waals surface area contributed by atoms with E-state index in [4.69, 9.17) is 11.6 Å². The van der Waals surface area contributed by atoms with Crippen molar-refractivity contribution in [2.75, 3.05) is 5.32 Å². The topological polar surface area (TPSA) is 41.1 Å². The summed E-state index contributed by atoms with van der Waals surface area (Å²) in [6, 6.07) is 5.83. The van der Waals surface area contributed by atoms with Gasteiger partial charge in [0, 0.05) is 16.8 Å². The van der Waals surface area contributed by atoms with Crippen LogP contribution in [0.25, 0.3) is 0 Å². The summed E-state index contributed by atoms with van der Waals surface area (Å²) in [6.07, 6.45) is 8.87. The molecule has 0 unspecified atom stereocenters. The number of benzene rings is 1. The lowest BCUT2D eigenvalue weighted by atomic mass is 9.96. The first kappa shape index (κ1) is 17.3. The van der Waals surface area contributed by atoms with Crippen LogP contribution in [-0.2, 0) is 4.79 Å². The number of amides is 1. The van der Waals surface area contributed by atoms with E-state index in [0.717, 1.165) is 11.3 Å². The molecule has 1 amide bonds.